The van der Waals surface area contributed by atoms with E-state index >= 15 is 4.39 Å². The van der Waals surface area contributed by atoms with Crippen molar-refractivity contribution >= 4 is 23.3 Å². The van der Waals surface area contributed by atoms with Crippen molar-refractivity contribution in [2.75, 3.05) is 0 Å². The fraction of sp³-hybridized carbons (Fsp3) is 0.714. The number of carbonyl (C=O) groups is 4. The van der Waals surface area contributed by atoms with Crippen molar-refractivity contribution in [2.45, 2.75) is 96.9 Å². The highest BCUT2D eigenvalue weighted by Gasteiger charge is 2.77. The maximum Gasteiger partial charge on any atom is 0.306 e. The summed E-state index contributed by atoms with van der Waals surface area (Å²) in [5.74, 6) is -2.80. The van der Waals surface area contributed by atoms with Gasteiger partial charge in [0.15, 0.2) is 22.8 Å². The van der Waals surface area contributed by atoms with Crippen LogP contribution in [0.5, 0.6) is 0 Å². The second-order valence-electron chi connectivity index (χ2n) is 11.5. The lowest BCUT2D eigenvalue weighted by atomic mass is 9.44. The van der Waals surface area contributed by atoms with Gasteiger partial charge in [0.05, 0.1) is 12.5 Å². The van der Waals surface area contributed by atoms with E-state index in [1.807, 2.05) is 13.8 Å². The fourth-order valence-electron chi connectivity index (χ4n) is 8.09. The Bertz CT molecular complexity index is 1030. The first-order valence-electron chi connectivity index (χ1n) is 12.9. The normalized spacial score (nSPS) is 44.1. The molecule has 4 aliphatic carbocycles. The molecule has 1 N–H and O–H groups in total. The lowest BCUT2D eigenvalue weighted by molar-refractivity contribution is -0.227. The van der Waals surface area contributed by atoms with Crippen LogP contribution < -0.4 is 0 Å². The zero-order valence-electron chi connectivity index (χ0n) is 21.4. The summed E-state index contributed by atoms with van der Waals surface area (Å²) in [4.78, 5) is 50.8. The van der Waals surface area contributed by atoms with E-state index in [9.17, 15) is 24.3 Å². The topological polar surface area (TPSA) is 97.7 Å². The van der Waals surface area contributed by atoms with E-state index < -0.39 is 51.8 Å². The van der Waals surface area contributed by atoms with Gasteiger partial charge in [-0.05, 0) is 50.7 Å². The van der Waals surface area contributed by atoms with Crippen LogP contribution in [-0.4, -0.2) is 45.8 Å². The van der Waals surface area contributed by atoms with E-state index in [-0.39, 0.29) is 43.2 Å². The average molecular weight is 489 g/mol. The molecule has 0 aromatic carbocycles. The molecular weight excluding hydrogens is 451 g/mol. The standard InChI is InChI=1S/C28H37FO6/c1-6-18(30)14-22(32)28(35-24(34)7-2)16(3)12-21-20-9-8-17-13-19(31)10-11-25(17,4)27(20,29)23(33)15-26(21,28)5/h10-11,13,16,20-21,23,33H,6-9,12,14-15H2,1-5H3/t16-,20+,21-,23-,25+,26+,27+,28+/m1/s1. The van der Waals surface area contributed by atoms with Crippen LogP contribution in [0.3, 0.4) is 0 Å². The number of fused-ring (bicyclic) bond motifs is 5. The molecule has 3 saturated carbocycles. The molecule has 0 heterocycles. The van der Waals surface area contributed by atoms with E-state index in [0.29, 0.717) is 24.8 Å². The van der Waals surface area contributed by atoms with Gasteiger partial charge >= 0.3 is 5.97 Å². The summed E-state index contributed by atoms with van der Waals surface area (Å²) in [5, 5.41) is 11.5. The third kappa shape index (κ3) is 3.29. The minimum atomic E-state index is -2.04. The molecule has 192 valence electrons. The first-order chi connectivity index (χ1) is 16.3. The molecule has 0 saturated heterocycles. The summed E-state index contributed by atoms with van der Waals surface area (Å²) in [7, 11) is 0. The number of aliphatic hydroxyl groups excluding tert-OH is 1. The van der Waals surface area contributed by atoms with Crippen molar-refractivity contribution in [3.63, 3.8) is 0 Å². The second kappa shape index (κ2) is 8.46. The van der Waals surface area contributed by atoms with E-state index in [0.717, 1.165) is 0 Å². The van der Waals surface area contributed by atoms with Crippen molar-refractivity contribution in [3.05, 3.63) is 23.8 Å². The lowest BCUT2D eigenvalue weighted by Gasteiger charge is -2.62. The Hall–Kier alpha value is -2.15. The van der Waals surface area contributed by atoms with Crippen LogP contribution in [0.25, 0.3) is 0 Å². The highest BCUT2D eigenvalue weighted by molar-refractivity contribution is 6.04. The predicted molar refractivity (Wildman–Crippen MR) is 127 cm³/mol. The first kappa shape index (κ1) is 25.9. The number of alkyl halides is 1. The van der Waals surface area contributed by atoms with Gasteiger partial charge in [-0.25, -0.2) is 4.39 Å². The molecule has 4 aliphatic rings. The SMILES string of the molecule is CCC(=O)CC(=O)[C@@]1(OC(=O)CC)[C@H](C)C[C@@H]2[C@@H]3CCC4=CC(=O)C=C[C@]4(C)[C@@]3(F)[C@H](O)C[C@@]21C. The number of ether oxygens (including phenoxy) is 1. The molecule has 0 amide bonds. The van der Waals surface area contributed by atoms with Gasteiger partial charge in [0.25, 0.3) is 0 Å². The van der Waals surface area contributed by atoms with Crippen molar-refractivity contribution in [1.82, 2.24) is 0 Å². The molecule has 0 aromatic heterocycles. The Morgan fingerprint density at radius 3 is 2.49 bits per heavy atom. The van der Waals surface area contributed by atoms with Crippen LogP contribution in [0.2, 0.25) is 0 Å². The number of esters is 1. The Morgan fingerprint density at radius 2 is 1.86 bits per heavy atom. The van der Waals surface area contributed by atoms with Gasteiger partial charge in [-0.15, -0.1) is 0 Å². The number of carbonyl (C=O) groups excluding carboxylic acids is 4. The maximum absolute atomic E-state index is 17.3. The van der Waals surface area contributed by atoms with E-state index in [1.165, 1.54) is 12.2 Å². The van der Waals surface area contributed by atoms with Crippen LogP contribution in [0.1, 0.15) is 79.6 Å². The second-order valence-corrected chi connectivity index (χ2v) is 11.5. The third-order valence-corrected chi connectivity index (χ3v) is 9.91. The number of hydrogen-bond acceptors (Lipinski definition) is 6. The highest BCUT2D eigenvalue weighted by atomic mass is 19.1. The number of ketones is 3. The molecule has 4 rings (SSSR count). The fourth-order valence-corrected chi connectivity index (χ4v) is 8.09. The van der Waals surface area contributed by atoms with Crippen LogP contribution in [0.4, 0.5) is 4.39 Å². The van der Waals surface area contributed by atoms with Crippen molar-refractivity contribution in [3.8, 4) is 0 Å². The number of hydrogen-bond donors (Lipinski definition) is 1. The summed E-state index contributed by atoms with van der Waals surface area (Å²) in [6.07, 6.45) is 4.21. The molecule has 0 spiro atoms. The number of allylic oxidation sites excluding steroid dienone is 4. The van der Waals surface area contributed by atoms with Crippen molar-refractivity contribution in [2.24, 2.45) is 28.6 Å². The smallest absolute Gasteiger partial charge is 0.306 e. The number of Topliss-reactive ketones (excluding diaryl/α,β-unsaturated/α-hetero) is 2. The van der Waals surface area contributed by atoms with Crippen LogP contribution >= 0.6 is 0 Å². The van der Waals surface area contributed by atoms with Crippen LogP contribution in [0, 0.1) is 28.6 Å². The van der Waals surface area contributed by atoms with Gasteiger partial charge in [0.1, 0.15) is 5.78 Å². The first-order valence-corrected chi connectivity index (χ1v) is 12.9. The van der Waals surface area contributed by atoms with Gasteiger partial charge in [0, 0.05) is 35.5 Å². The summed E-state index contributed by atoms with van der Waals surface area (Å²) < 4.78 is 23.3. The van der Waals surface area contributed by atoms with Gasteiger partial charge in [-0.2, -0.15) is 0 Å². The highest BCUT2D eigenvalue weighted by Crippen LogP contribution is 2.71. The van der Waals surface area contributed by atoms with Crippen molar-refractivity contribution in [1.29, 1.82) is 0 Å². The van der Waals surface area contributed by atoms with Crippen LogP contribution in [-0.2, 0) is 23.9 Å². The minimum Gasteiger partial charge on any atom is -0.450 e. The Kier molecular flexibility index (Phi) is 6.27. The monoisotopic (exact) mass is 488 g/mol. The molecule has 0 aromatic rings. The molecule has 3 fully saturated rings. The molecule has 6 nitrogen and oxygen atoms in total. The zero-order chi connectivity index (χ0) is 26.0. The zero-order valence-corrected chi connectivity index (χ0v) is 21.4. The predicted octanol–water partition coefficient (Wildman–Crippen LogP) is 4.23. The van der Waals surface area contributed by atoms with Gasteiger partial charge in [-0.3, -0.25) is 19.2 Å². The number of aliphatic hydroxyl groups is 1. The number of rotatable bonds is 6. The largest absolute Gasteiger partial charge is 0.450 e. The lowest BCUT2D eigenvalue weighted by Crippen LogP contribution is -2.70. The minimum absolute atomic E-state index is 0.0638. The summed E-state index contributed by atoms with van der Waals surface area (Å²) >= 11 is 0. The van der Waals surface area contributed by atoms with E-state index in [4.69, 9.17) is 4.74 Å². The van der Waals surface area contributed by atoms with E-state index in [1.54, 1.807) is 26.8 Å². The summed E-state index contributed by atoms with van der Waals surface area (Å²) in [5.41, 5.74) is -5.13. The third-order valence-electron chi connectivity index (χ3n) is 9.91. The Morgan fingerprint density at radius 1 is 1.17 bits per heavy atom. The molecule has 0 aliphatic heterocycles. The van der Waals surface area contributed by atoms with Crippen molar-refractivity contribution < 1.29 is 33.4 Å². The van der Waals surface area contributed by atoms with Gasteiger partial charge in [0.2, 0.25) is 0 Å². The molecule has 0 bridgehead atoms. The molecule has 7 heteroatoms. The maximum atomic E-state index is 17.3. The molecular formula is C28H37FO6. The Balaban J connectivity index is 1.84. The van der Waals surface area contributed by atoms with E-state index in [2.05, 4.69) is 0 Å². The quantitative estimate of drug-likeness (QED) is 0.444. The van der Waals surface area contributed by atoms with Crippen LogP contribution in [0.15, 0.2) is 23.8 Å². The molecule has 35 heavy (non-hydrogen) atoms. The Labute approximate surface area is 206 Å². The molecule has 0 unspecified atom stereocenters. The summed E-state index contributed by atoms with van der Waals surface area (Å²) in [6, 6.07) is 0. The average Bonchev–Trinajstić information content (AvgIpc) is 3.02. The molecule has 8 atom stereocenters. The number of halogens is 1. The van der Waals surface area contributed by atoms with Gasteiger partial charge in [-0.1, -0.05) is 39.3 Å². The summed E-state index contributed by atoms with van der Waals surface area (Å²) in [6.45, 7) is 8.73. The van der Waals surface area contributed by atoms with Gasteiger partial charge < -0.3 is 9.84 Å². The molecule has 0 radical (unpaired) electrons.